The van der Waals surface area contributed by atoms with Gasteiger partial charge in [-0.25, -0.2) is 13.4 Å². The molecular weight excluding hydrogens is 310 g/mol. The molecule has 0 spiro atoms. The van der Waals surface area contributed by atoms with Gasteiger partial charge in [0.1, 0.15) is 0 Å². The van der Waals surface area contributed by atoms with Gasteiger partial charge in [0.05, 0.1) is 32.6 Å². The smallest absolute Gasteiger partial charge is 0.307 e. The Morgan fingerprint density at radius 3 is 2.81 bits per heavy atom. The van der Waals surface area contributed by atoms with Gasteiger partial charge in [-0.3, -0.25) is 4.79 Å². The second-order valence-corrected chi connectivity index (χ2v) is 8.73. The molecule has 2 heterocycles. The van der Waals surface area contributed by atoms with E-state index >= 15 is 0 Å². The lowest BCUT2D eigenvalue weighted by Crippen LogP contribution is -2.26. The minimum absolute atomic E-state index is 0.0190. The molecule has 7 heteroatoms. The van der Waals surface area contributed by atoms with Crippen molar-refractivity contribution in [2.24, 2.45) is 11.8 Å². The summed E-state index contributed by atoms with van der Waals surface area (Å²) in [6.07, 6.45) is 0.735. The number of nitrogens with zero attached hydrogens (tertiary/aromatic N) is 1. The highest BCUT2D eigenvalue weighted by atomic mass is 32.2. The number of aliphatic carboxylic acids is 1. The average molecular weight is 325 g/mol. The predicted molar refractivity (Wildman–Crippen MR) is 81.2 cm³/mol. The van der Waals surface area contributed by atoms with E-state index in [2.05, 4.69) is 4.98 Å². The summed E-state index contributed by atoms with van der Waals surface area (Å²) in [5, 5.41) is 10.2. The van der Waals surface area contributed by atoms with Crippen LogP contribution in [0.2, 0.25) is 0 Å². The monoisotopic (exact) mass is 325 g/mol. The Balaban J connectivity index is 1.84. The van der Waals surface area contributed by atoms with Crippen molar-refractivity contribution < 1.29 is 18.3 Å². The number of carbonyl (C=O) groups is 1. The van der Waals surface area contributed by atoms with Crippen LogP contribution in [0, 0.1) is 11.8 Å². The largest absolute Gasteiger partial charge is 0.481 e. The average Bonchev–Trinajstić information content (AvgIpc) is 2.98. The highest BCUT2D eigenvalue weighted by Gasteiger charge is 2.37. The molecule has 0 amide bonds. The minimum Gasteiger partial charge on any atom is -0.481 e. The summed E-state index contributed by atoms with van der Waals surface area (Å²) in [5.41, 5.74) is 0.862. The lowest BCUT2D eigenvalue weighted by Gasteiger charge is -2.16. The molecule has 1 N–H and O–H groups in total. The van der Waals surface area contributed by atoms with Crippen LogP contribution in [0.5, 0.6) is 0 Å². The number of rotatable bonds is 4. The third-order valence-electron chi connectivity index (χ3n) is 3.89. The second-order valence-electron chi connectivity index (χ2n) is 5.39. The molecule has 1 fully saturated rings. The van der Waals surface area contributed by atoms with Gasteiger partial charge in [-0.1, -0.05) is 12.1 Å². The van der Waals surface area contributed by atoms with Crippen LogP contribution in [-0.2, 0) is 21.1 Å². The van der Waals surface area contributed by atoms with Gasteiger partial charge in [0.25, 0.3) is 0 Å². The zero-order valence-corrected chi connectivity index (χ0v) is 12.9. The molecule has 112 valence electrons. The van der Waals surface area contributed by atoms with Gasteiger partial charge >= 0.3 is 5.97 Å². The van der Waals surface area contributed by atoms with Crippen molar-refractivity contribution in [2.45, 2.75) is 12.8 Å². The van der Waals surface area contributed by atoms with Crippen LogP contribution in [0.15, 0.2) is 24.3 Å². The molecule has 0 aliphatic carbocycles. The van der Waals surface area contributed by atoms with Crippen LogP contribution in [0.1, 0.15) is 11.4 Å². The first-order valence-electron chi connectivity index (χ1n) is 6.72. The van der Waals surface area contributed by atoms with Crippen LogP contribution >= 0.6 is 11.3 Å². The van der Waals surface area contributed by atoms with Gasteiger partial charge < -0.3 is 5.11 Å². The van der Waals surface area contributed by atoms with Crippen molar-refractivity contribution in [3.63, 3.8) is 0 Å². The molecule has 1 aromatic heterocycles. The molecule has 0 bridgehead atoms. The molecule has 0 radical (unpaired) electrons. The highest BCUT2D eigenvalue weighted by molar-refractivity contribution is 7.91. The quantitative estimate of drug-likeness (QED) is 0.929. The van der Waals surface area contributed by atoms with Gasteiger partial charge in [-0.05, 0) is 24.5 Å². The summed E-state index contributed by atoms with van der Waals surface area (Å²) < 4.78 is 24.1. The molecule has 0 saturated carbocycles. The van der Waals surface area contributed by atoms with Crippen molar-refractivity contribution in [3.05, 3.63) is 29.3 Å². The molecule has 5 nitrogen and oxygen atoms in total. The van der Waals surface area contributed by atoms with E-state index in [1.807, 2.05) is 24.3 Å². The number of hydrogen-bond donors (Lipinski definition) is 1. The first-order valence-corrected chi connectivity index (χ1v) is 9.36. The molecule has 2 aromatic rings. The van der Waals surface area contributed by atoms with Gasteiger partial charge in [0.15, 0.2) is 9.84 Å². The molecule has 3 rings (SSSR count). The SMILES string of the molecule is O=C(O)C(Cc1nc2ccccc2s1)C1CCS(=O)(=O)C1. The third kappa shape index (κ3) is 3.08. The van der Waals surface area contributed by atoms with Gasteiger partial charge in [-0.15, -0.1) is 11.3 Å². The molecule has 1 aliphatic rings. The van der Waals surface area contributed by atoms with Crippen LogP contribution < -0.4 is 0 Å². The van der Waals surface area contributed by atoms with Crippen molar-refractivity contribution in [1.29, 1.82) is 0 Å². The maximum absolute atomic E-state index is 11.6. The maximum Gasteiger partial charge on any atom is 0.307 e. The second kappa shape index (κ2) is 5.38. The summed E-state index contributed by atoms with van der Waals surface area (Å²) in [4.78, 5) is 15.9. The van der Waals surface area contributed by atoms with Gasteiger partial charge in [-0.2, -0.15) is 0 Å². The first-order chi connectivity index (χ1) is 9.94. The standard InChI is InChI=1S/C14H15NO4S2/c16-14(17)10(9-5-6-21(18,19)8-9)7-13-15-11-3-1-2-4-12(11)20-13/h1-4,9-10H,5-8H2,(H,16,17). The molecule has 2 atom stereocenters. The Morgan fingerprint density at radius 2 is 2.19 bits per heavy atom. The van der Waals surface area contributed by atoms with Crippen LogP contribution in [0.4, 0.5) is 0 Å². The highest BCUT2D eigenvalue weighted by Crippen LogP contribution is 2.31. The summed E-state index contributed by atoms with van der Waals surface area (Å²) in [5.74, 6) is -1.84. The van der Waals surface area contributed by atoms with Crippen LogP contribution in [0.3, 0.4) is 0 Å². The molecular formula is C14H15NO4S2. The van der Waals surface area contributed by atoms with E-state index in [1.54, 1.807) is 0 Å². The van der Waals surface area contributed by atoms with Crippen molar-refractivity contribution in [1.82, 2.24) is 4.98 Å². The van der Waals surface area contributed by atoms with Gasteiger partial charge in [0.2, 0.25) is 0 Å². The van der Waals surface area contributed by atoms with Gasteiger partial charge in [0, 0.05) is 6.42 Å². The topological polar surface area (TPSA) is 84.3 Å². The fourth-order valence-electron chi connectivity index (χ4n) is 2.79. The van der Waals surface area contributed by atoms with E-state index in [0.717, 1.165) is 15.2 Å². The zero-order valence-electron chi connectivity index (χ0n) is 11.2. The summed E-state index contributed by atoms with van der Waals surface area (Å²) in [6.45, 7) is 0. The van der Waals surface area contributed by atoms with Crippen LogP contribution in [-0.4, -0.2) is 36.0 Å². The zero-order chi connectivity index (χ0) is 15.0. The Kier molecular flexibility index (Phi) is 3.71. The number of thiazole rings is 1. The number of para-hydroxylation sites is 1. The fraction of sp³-hybridized carbons (Fsp3) is 0.429. The normalized spacial score (nSPS) is 22.4. The molecule has 1 aliphatic heterocycles. The van der Waals surface area contributed by atoms with E-state index in [4.69, 9.17) is 0 Å². The number of aromatic nitrogens is 1. The van der Waals surface area contributed by atoms with Crippen molar-refractivity contribution in [3.8, 4) is 0 Å². The van der Waals surface area contributed by atoms with Crippen molar-refractivity contribution >= 4 is 37.4 Å². The Morgan fingerprint density at radius 1 is 1.43 bits per heavy atom. The summed E-state index contributed by atoms with van der Waals surface area (Å²) in [7, 11) is -3.07. The lowest BCUT2D eigenvalue weighted by atomic mass is 9.89. The molecule has 1 saturated heterocycles. The van der Waals surface area contributed by atoms with Crippen molar-refractivity contribution in [2.75, 3.05) is 11.5 Å². The van der Waals surface area contributed by atoms with E-state index in [1.165, 1.54) is 11.3 Å². The third-order valence-corrected chi connectivity index (χ3v) is 6.74. The maximum atomic E-state index is 11.6. The number of carboxylic acid groups (broad SMARTS) is 1. The fourth-order valence-corrected chi connectivity index (χ4v) is 5.70. The first kappa shape index (κ1) is 14.5. The number of benzene rings is 1. The molecule has 21 heavy (non-hydrogen) atoms. The molecule has 2 unspecified atom stereocenters. The van der Waals surface area contributed by atoms with E-state index in [9.17, 15) is 18.3 Å². The van der Waals surface area contributed by atoms with E-state index < -0.39 is 21.7 Å². The van der Waals surface area contributed by atoms with E-state index in [-0.39, 0.29) is 17.4 Å². The summed E-state index contributed by atoms with van der Waals surface area (Å²) in [6, 6.07) is 7.66. The Hall–Kier alpha value is -1.47. The lowest BCUT2D eigenvalue weighted by molar-refractivity contribution is -0.143. The Labute approximate surface area is 126 Å². The number of carboxylic acids is 1. The summed E-state index contributed by atoms with van der Waals surface area (Å²) >= 11 is 1.48. The molecule has 1 aromatic carbocycles. The Bertz CT molecular complexity index is 748. The predicted octanol–water partition coefficient (Wildman–Crippen LogP) is 1.97. The van der Waals surface area contributed by atoms with E-state index in [0.29, 0.717) is 12.8 Å². The minimum atomic E-state index is -3.07. The number of hydrogen-bond acceptors (Lipinski definition) is 5. The number of sulfone groups is 1. The van der Waals surface area contributed by atoms with Crippen LogP contribution in [0.25, 0.3) is 10.2 Å². The number of fused-ring (bicyclic) bond motifs is 1.